The summed E-state index contributed by atoms with van der Waals surface area (Å²) in [6, 6.07) is 18.6. The number of amides is 2. The summed E-state index contributed by atoms with van der Waals surface area (Å²) in [5, 5.41) is 40.8. The second-order valence-electron chi connectivity index (χ2n) is 18.1. The number of fused-ring (bicyclic) bond motifs is 3. The normalized spacial score (nSPS) is 22.7. The molecule has 0 unspecified atom stereocenters. The highest BCUT2D eigenvalue weighted by Crippen LogP contribution is 2.37. The van der Waals surface area contributed by atoms with Crippen molar-refractivity contribution in [1.82, 2.24) is 40.4 Å². The number of carbonyl (C=O) groups is 2. The van der Waals surface area contributed by atoms with Crippen molar-refractivity contribution >= 4 is 34.7 Å². The van der Waals surface area contributed by atoms with Crippen LogP contribution in [0.1, 0.15) is 69.5 Å². The van der Waals surface area contributed by atoms with E-state index in [0.29, 0.717) is 35.5 Å². The number of aromatic nitrogens is 4. The molecule has 4 aliphatic heterocycles. The minimum atomic E-state index is -0.826. The average molecular weight is 891 g/mol. The first kappa shape index (κ1) is 43.6. The van der Waals surface area contributed by atoms with Gasteiger partial charge in [0.05, 0.1) is 45.7 Å². The molecule has 338 valence electrons. The zero-order chi connectivity index (χ0) is 44.6. The smallest absolute Gasteiger partial charge is 0.254 e. The third-order valence-corrected chi connectivity index (χ3v) is 14.2. The fourth-order valence-corrected chi connectivity index (χ4v) is 10.7. The lowest BCUT2D eigenvalue weighted by molar-refractivity contribution is -0.141. The Bertz CT molecular complexity index is 2440. The fraction of sp³-hybridized carbons (Fsp3) is 0.489. The molecule has 16 nitrogen and oxygen atoms in total. The molecule has 4 N–H and O–H groups in total. The van der Waals surface area contributed by atoms with E-state index in [1.807, 2.05) is 82.6 Å². The van der Waals surface area contributed by atoms with Crippen LogP contribution in [0.2, 0.25) is 0 Å². The number of carbonyl (C=O) groups excluding carboxylic acids is 2. The molecule has 0 aliphatic carbocycles. The molecule has 3 aromatic heterocycles. The Balaban J connectivity index is 0.773. The summed E-state index contributed by atoms with van der Waals surface area (Å²) in [4.78, 5) is 42.5. The molecule has 17 heteroatoms. The van der Waals surface area contributed by atoms with Crippen molar-refractivity contribution in [3.05, 3.63) is 83.2 Å². The van der Waals surface area contributed by atoms with Gasteiger partial charge >= 0.3 is 0 Å². The minimum Gasteiger partial charge on any atom is -0.507 e. The Labute approximate surface area is 377 Å². The van der Waals surface area contributed by atoms with E-state index in [4.69, 9.17) is 9.26 Å². The Morgan fingerprint density at radius 1 is 1.00 bits per heavy atom. The standard InChI is InChI=1S/C47H58N10O6S/c1-27(2)43(47(61)57-25-35(58)18-39(57)46(60)50-29(4)31-10-12-32(13-11-31)44-30(5)49-26-64-44)41-20-42(53-63-41)62-28(3)22-54-15-14-33(23-54)55-16-17-56-34(24-55)21-48-45-38(56)19-37(51-52-45)36-8-6-7-9-40(36)59/h6-13,19-20,26-29,33-35,39,43,58-59H,14-18,21-25H2,1-5H3,(H,48,52)(H,50,60)/t28-,29-,33-,34+,35+,39-,43+/m0/s1. The highest BCUT2D eigenvalue weighted by molar-refractivity contribution is 7.13. The number of hydrogen-bond donors (Lipinski definition) is 4. The molecule has 0 bridgehead atoms. The van der Waals surface area contributed by atoms with Gasteiger partial charge in [0.15, 0.2) is 11.6 Å². The predicted molar refractivity (Wildman–Crippen MR) is 244 cm³/mol. The number of aromatic hydroxyl groups is 1. The Morgan fingerprint density at radius 2 is 1.81 bits per heavy atom. The van der Waals surface area contributed by atoms with Crippen LogP contribution in [0.15, 0.2) is 70.7 Å². The number of aliphatic hydroxyl groups is 1. The second-order valence-corrected chi connectivity index (χ2v) is 19.0. The third kappa shape index (κ3) is 9.03. The van der Waals surface area contributed by atoms with Crippen LogP contribution in [0.4, 0.5) is 11.5 Å². The first-order valence-electron chi connectivity index (χ1n) is 22.5. The van der Waals surface area contributed by atoms with Gasteiger partial charge in [0, 0.05) is 69.9 Å². The fourth-order valence-electron chi connectivity index (χ4n) is 9.94. The number of nitrogens with one attached hydrogen (secondary N) is 2. The van der Waals surface area contributed by atoms with Crippen molar-refractivity contribution in [1.29, 1.82) is 0 Å². The number of rotatable bonds is 13. The molecule has 3 fully saturated rings. The number of benzene rings is 2. The monoisotopic (exact) mass is 890 g/mol. The van der Waals surface area contributed by atoms with Crippen molar-refractivity contribution in [2.45, 2.75) is 89.8 Å². The van der Waals surface area contributed by atoms with Crippen LogP contribution in [-0.4, -0.2) is 140 Å². The van der Waals surface area contributed by atoms with Crippen LogP contribution in [0.5, 0.6) is 11.6 Å². The van der Waals surface area contributed by atoms with Gasteiger partial charge in [-0.05, 0) is 74.1 Å². The van der Waals surface area contributed by atoms with Crippen LogP contribution in [-0.2, 0) is 9.59 Å². The van der Waals surface area contributed by atoms with Gasteiger partial charge in [0.2, 0.25) is 11.8 Å². The van der Waals surface area contributed by atoms with Crippen molar-refractivity contribution < 1.29 is 29.1 Å². The molecule has 0 spiro atoms. The number of β-amino-alcohol motifs (C(OH)–C–C–N with tert-alkyl or cyclic N) is 1. The Kier molecular flexibility index (Phi) is 12.6. The third-order valence-electron chi connectivity index (χ3n) is 13.3. The van der Waals surface area contributed by atoms with Crippen LogP contribution in [0.3, 0.4) is 0 Å². The average Bonchev–Trinajstić information content (AvgIpc) is 4.12. The molecule has 64 heavy (non-hydrogen) atoms. The zero-order valence-corrected chi connectivity index (χ0v) is 37.9. The number of aryl methyl sites for hydroxylation is 1. The lowest BCUT2D eigenvalue weighted by Crippen LogP contribution is -2.60. The minimum absolute atomic E-state index is 0.0564. The van der Waals surface area contributed by atoms with E-state index in [-0.39, 0.29) is 54.6 Å². The van der Waals surface area contributed by atoms with Crippen molar-refractivity contribution in [2.24, 2.45) is 5.92 Å². The lowest BCUT2D eigenvalue weighted by atomic mass is 9.91. The first-order valence-corrected chi connectivity index (χ1v) is 23.3. The van der Waals surface area contributed by atoms with Crippen molar-refractivity contribution in [3.8, 4) is 33.3 Å². The van der Waals surface area contributed by atoms with E-state index in [0.717, 1.165) is 78.9 Å². The maximum Gasteiger partial charge on any atom is 0.254 e. The largest absolute Gasteiger partial charge is 0.507 e. The van der Waals surface area contributed by atoms with Gasteiger partial charge in [-0.15, -0.1) is 21.5 Å². The SMILES string of the molecule is Cc1ncsc1-c1ccc([C@H](C)NC(=O)[C@@H]2C[C@@H](O)CN2C(=O)[C@@H](c2cc(O[C@@H](C)CN3CC[C@H](N4CCN5c6cc(-c7ccccc7O)nnc6NC[C@@H]5C4)C3)no2)C(C)C)cc1. The molecular weight excluding hydrogens is 833 g/mol. The predicted octanol–water partition coefficient (Wildman–Crippen LogP) is 5.31. The van der Waals surface area contributed by atoms with Gasteiger partial charge in [-0.25, -0.2) is 4.98 Å². The van der Waals surface area contributed by atoms with Crippen LogP contribution in [0, 0.1) is 12.8 Å². The maximum absolute atomic E-state index is 14.3. The Morgan fingerprint density at radius 3 is 2.58 bits per heavy atom. The number of anilines is 2. The van der Waals surface area contributed by atoms with Crippen molar-refractivity contribution in [2.75, 3.05) is 62.6 Å². The topological polar surface area (TPSA) is 186 Å². The summed E-state index contributed by atoms with van der Waals surface area (Å²) in [5.74, 6) is 0.156. The number of aliphatic hydroxyl groups excluding tert-OH is 1. The van der Waals surface area contributed by atoms with Crippen LogP contribution in [0.25, 0.3) is 21.7 Å². The highest BCUT2D eigenvalue weighted by atomic mass is 32.1. The highest BCUT2D eigenvalue weighted by Gasteiger charge is 2.44. The molecule has 5 aromatic rings. The van der Waals surface area contributed by atoms with Crippen LogP contribution < -0.4 is 20.3 Å². The molecule has 2 aromatic carbocycles. The summed E-state index contributed by atoms with van der Waals surface area (Å²) in [6.45, 7) is 16.0. The molecular formula is C47H58N10O6S. The molecule has 3 saturated heterocycles. The molecule has 2 amide bonds. The summed E-state index contributed by atoms with van der Waals surface area (Å²) >= 11 is 1.59. The van der Waals surface area contributed by atoms with Gasteiger partial charge in [-0.1, -0.05) is 50.2 Å². The number of para-hydroxylation sites is 1. The summed E-state index contributed by atoms with van der Waals surface area (Å²) in [7, 11) is 0. The number of phenolic OH excluding ortho intramolecular Hbond substituents is 1. The molecule has 0 saturated carbocycles. The van der Waals surface area contributed by atoms with Gasteiger partial charge in [-0.3, -0.25) is 19.4 Å². The van der Waals surface area contributed by atoms with E-state index in [2.05, 4.69) is 45.7 Å². The van der Waals surface area contributed by atoms with E-state index in [9.17, 15) is 19.8 Å². The van der Waals surface area contributed by atoms with E-state index < -0.39 is 18.1 Å². The van der Waals surface area contributed by atoms with Gasteiger partial charge in [0.1, 0.15) is 23.8 Å². The summed E-state index contributed by atoms with van der Waals surface area (Å²) < 4.78 is 12.1. The van der Waals surface area contributed by atoms with Gasteiger partial charge in [-0.2, -0.15) is 0 Å². The number of thiazole rings is 1. The quantitative estimate of drug-likeness (QED) is 0.119. The summed E-state index contributed by atoms with van der Waals surface area (Å²) in [6.07, 6.45) is 0.218. The zero-order valence-electron chi connectivity index (χ0n) is 37.1. The first-order chi connectivity index (χ1) is 30.9. The molecule has 4 aliphatic rings. The molecule has 9 rings (SSSR count). The molecule has 7 heterocycles. The van der Waals surface area contributed by atoms with Crippen molar-refractivity contribution in [3.63, 3.8) is 0 Å². The maximum atomic E-state index is 14.3. The number of nitrogens with zero attached hydrogens (tertiary/aromatic N) is 8. The number of likely N-dealkylation sites (tertiary alicyclic amines) is 2. The second kappa shape index (κ2) is 18.5. The van der Waals surface area contributed by atoms with E-state index in [1.165, 1.54) is 4.90 Å². The van der Waals surface area contributed by atoms with Gasteiger partial charge in [0.25, 0.3) is 5.88 Å². The lowest BCUT2D eigenvalue weighted by Gasteiger charge is -2.47. The number of ether oxygens (including phenoxy) is 1. The van der Waals surface area contributed by atoms with Crippen LogP contribution >= 0.6 is 11.3 Å². The number of piperazine rings is 1. The van der Waals surface area contributed by atoms with E-state index in [1.54, 1.807) is 29.5 Å². The summed E-state index contributed by atoms with van der Waals surface area (Å²) in [5.41, 5.74) is 7.17. The molecule has 0 radical (unpaired) electrons. The Hall–Kier alpha value is -5.62. The van der Waals surface area contributed by atoms with E-state index >= 15 is 0 Å². The number of hydrogen-bond acceptors (Lipinski definition) is 15. The molecule has 7 atom stereocenters. The van der Waals surface area contributed by atoms with Gasteiger partial charge < -0.3 is 39.9 Å². The number of phenols is 1.